The van der Waals surface area contributed by atoms with E-state index in [4.69, 9.17) is 11.6 Å². The lowest BCUT2D eigenvalue weighted by molar-refractivity contribution is -0.127. The molecule has 106 valence electrons. The molecule has 1 unspecified atom stereocenters. The summed E-state index contributed by atoms with van der Waals surface area (Å²) in [6, 6.07) is 7.80. The van der Waals surface area contributed by atoms with Crippen molar-refractivity contribution in [2.24, 2.45) is 0 Å². The number of hydrogen-bond donors (Lipinski definition) is 2. The Morgan fingerprint density at radius 1 is 1.32 bits per heavy atom. The van der Waals surface area contributed by atoms with Crippen molar-refractivity contribution < 1.29 is 4.79 Å². The molecular formula is C15H23ClN2O. The highest BCUT2D eigenvalue weighted by atomic mass is 35.5. The summed E-state index contributed by atoms with van der Waals surface area (Å²) in [6.45, 7) is 8.55. The average molecular weight is 283 g/mol. The molecule has 0 aliphatic heterocycles. The SMILES string of the molecule is CCNC(C)(C)C(=O)NC(C)Cc1ccc(Cl)cc1. The molecule has 1 aromatic rings. The van der Waals surface area contributed by atoms with Crippen LogP contribution >= 0.6 is 11.6 Å². The van der Waals surface area contributed by atoms with Gasteiger partial charge in [0.1, 0.15) is 0 Å². The molecule has 1 atom stereocenters. The van der Waals surface area contributed by atoms with Gasteiger partial charge < -0.3 is 10.6 Å². The maximum atomic E-state index is 12.1. The van der Waals surface area contributed by atoms with Crippen molar-refractivity contribution in [2.45, 2.75) is 45.7 Å². The molecule has 1 rings (SSSR count). The van der Waals surface area contributed by atoms with Crippen LogP contribution in [0.15, 0.2) is 24.3 Å². The molecule has 0 aliphatic rings. The zero-order valence-corrected chi connectivity index (χ0v) is 12.8. The molecule has 2 N–H and O–H groups in total. The predicted molar refractivity (Wildman–Crippen MR) is 80.5 cm³/mol. The molecule has 0 spiro atoms. The van der Waals surface area contributed by atoms with Crippen LogP contribution in [0.25, 0.3) is 0 Å². The van der Waals surface area contributed by atoms with Crippen molar-refractivity contribution >= 4 is 17.5 Å². The third-order valence-electron chi connectivity index (χ3n) is 3.02. The van der Waals surface area contributed by atoms with Crippen LogP contribution in [0.3, 0.4) is 0 Å². The fraction of sp³-hybridized carbons (Fsp3) is 0.533. The van der Waals surface area contributed by atoms with E-state index in [1.54, 1.807) is 0 Å². The first kappa shape index (κ1) is 16.0. The van der Waals surface area contributed by atoms with Gasteiger partial charge in [0.05, 0.1) is 5.54 Å². The van der Waals surface area contributed by atoms with Crippen molar-refractivity contribution in [1.82, 2.24) is 10.6 Å². The summed E-state index contributed by atoms with van der Waals surface area (Å²) in [5, 5.41) is 6.93. The number of halogens is 1. The Labute approximate surface area is 120 Å². The van der Waals surface area contributed by atoms with Crippen LogP contribution in [0.1, 0.15) is 33.3 Å². The van der Waals surface area contributed by atoms with Crippen LogP contribution in [-0.2, 0) is 11.2 Å². The van der Waals surface area contributed by atoms with Crippen LogP contribution in [0, 0.1) is 0 Å². The summed E-state index contributed by atoms with van der Waals surface area (Å²) in [7, 11) is 0. The standard InChI is InChI=1S/C15H23ClN2O/c1-5-17-15(3,4)14(19)18-11(2)10-12-6-8-13(16)9-7-12/h6-9,11,17H,5,10H2,1-4H3,(H,18,19). The third-order valence-corrected chi connectivity index (χ3v) is 3.27. The molecule has 4 heteroatoms. The highest BCUT2D eigenvalue weighted by molar-refractivity contribution is 6.30. The minimum absolute atomic E-state index is 0.0239. The van der Waals surface area contributed by atoms with Gasteiger partial charge in [0.2, 0.25) is 5.91 Å². The third kappa shape index (κ3) is 5.21. The molecule has 0 aliphatic carbocycles. The van der Waals surface area contributed by atoms with Crippen LogP contribution in [0.2, 0.25) is 5.02 Å². The number of rotatable bonds is 6. The first-order chi connectivity index (χ1) is 8.85. The molecular weight excluding hydrogens is 260 g/mol. The number of hydrogen-bond acceptors (Lipinski definition) is 2. The van der Waals surface area contributed by atoms with Crippen LogP contribution in [0.5, 0.6) is 0 Å². The summed E-state index contributed by atoms with van der Waals surface area (Å²) in [6.07, 6.45) is 0.797. The molecule has 0 aromatic heterocycles. The number of amides is 1. The molecule has 19 heavy (non-hydrogen) atoms. The van der Waals surface area contributed by atoms with Gasteiger partial charge in [0.25, 0.3) is 0 Å². The predicted octanol–water partition coefficient (Wildman–Crippen LogP) is 2.78. The van der Waals surface area contributed by atoms with Crippen molar-refractivity contribution in [3.05, 3.63) is 34.9 Å². The van der Waals surface area contributed by atoms with Gasteiger partial charge in [-0.1, -0.05) is 30.7 Å². The van der Waals surface area contributed by atoms with E-state index in [-0.39, 0.29) is 11.9 Å². The average Bonchev–Trinajstić information content (AvgIpc) is 2.32. The highest BCUT2D eigenvalue weighted by Gasteiger charge is 2.26. The first-order valence-corrected chi connectivity index (χ1v) is 7.03. The lowest BCUT2D eigenvalue weighted by Crippen LogP contribution is -2.54. The van der Waals surface area contributed by atoms with E-state index in [0.29, 0.717) is 0 Å². The van der Waals surface area contributed by atoms with Crippen molar-refractivity contribution in [3.8, 4) is 0 Å². The Morgan fingerprint density at radius 2 is 1.89 bits per heavy atom. The minimum atomic E-state index is -0.539. The maximum absolute atomic E-state index is 12.1. The Hall–Kier alpha value is -1.06. The van der Waals surface area contributed by atoms with Crippen LogP contribution in [-0.4, -0.2) is 24.0 Å². The lowest BCUT2D eigenvalue weighted by atomic mass is 10.0. The summed E-state index contributed by atoms with van der Waals surface area (Å²) >= 11 is 5.85. The molecule has 0 saturated heterocycles. The quantitative estimate of drug-likeness (QED) is 0.842. The number of likely N-dealkylation sites (N-methyl/N-ethyl adjacent to an activating group) is 1. The Morgan fingerprint density at radius 3 is 2.42 bits per heavy atom. The van der Waals surface area contributed by atoms with Gasteiger partial charge in [0.15, 0.2) is 0 Å². The van der Waals surface area contributed by atoms with Gasteiger partial charge in [0, 0.05) is 11.1 Å². The van der Waals surface area contributed by atoms with Crippen molar-refractivity contribution in [2.75, 3.05) is 6.54 Å². The van der Waals surface area contributed by atoms with Gasteiger partial charge in [-0.15, -0.1) is 0 Å². The number of carbonyl (C=O) groups is 1. The zero-order chi connectivity index (χ0) is 14.5. The van der Waals surface area contributed by atoms with E-state index < -0.39 is 5.54 Å². The minimum Gasteiger partial charge on any atom is -0.352 e. The van der Waals surface area contributed by atoms with E-state index in [1.807, 2.05) is 52.0 Å². The summed E-state index contributed by atoms with van der Waals surface area (Å²) in [5.74, 6) is 0.0239. The molecule has 0 saturated carbocycles. The Bertz CT molecular complexity index is 415. The summed E-state index contributed by atoms with van der Waals surface area (Å²) < 4.78 is 0. The largest absolute Gasteiger partial charge is 0.352 e. The Balaban J connectivity index is 2.53. The maximum Gasteiger partial charge on any atom is 0.239 e. The van der Waals surface area contributed by atoms with Gasteiger partial charge in [-0.3, -0.25) is 4.79 Å². The second-order valence-electron chi connectivity index (χ2n) is 5.36. The number of nitrogens with one attached hydrogen (secondary N) is 2. The van der Waals surface area contributed by atoms with E-state index in [1.165, 1.54) is 5.56 Å². The van der Waals surface area contributed by atoms with E-state index in [0.717, 1.165) is 18.0 Å². The van der Waals surface area contributed by atoms with E-state index in [2.05, 4.69) is 10.6 Å². The molecule has 3 nitrogen and oxygen atoms in total. The number of carbonyl (C=O) groups excluding carboxylic acids is 1. The molecule has 0 bridgehead atoms. The fourth-order valence-corrected chi connectivity index (χ4v) is 2.08. The van der Waals surface area contributed by atoms with Crippen molar-refractivity contribution in [3.63, 3.8) is 0 Å². The van der Waals surface area contributed by atoms with Crippen LogP contribution in [0.4, 0.5) is 0 Å². The summed E-state index contributed by atoms with van der Waals surface area (Å²) in [4.78, 5) is 12.1. The lowest BCUT2D eigenvalue weighted by Gasteiger charge is -2.26. The zero-order valence-electron chi connectivity index (χ0n) is 12.1. The molecule has 1 amide bonds. The van der Waals surface area contributed by atoms with E-state index >= 15 is 0 Å². The van der Waals surface area contributed by atoms with Gasteiger partial charge >= 0.3 is 0 Å². The highest BCUT2D eigenvalue weighted by Crippen LogP contribution is 2.11. The van der Waals surface area contributed by atoms with Gasteiger partial charge in [-0.05, 0) is 51.4 Å². The van der Waals surface area contributed by atoms with Gasteiger partial charge in [-0.25, -0.2) is 0 Å². The topological polar surface area (TPSA) is 41.1 Å². The van der Waals surface area contributed by atoms with Gasteiger partial charge in [-0.2, -0.15) is 0 Å². The molecule has 0 radical (unpaired) electrons. The fourth-order valence-electron chi connectivity index (χ4n) is 1.95. The van der Waals surface area contributed by atoms with Crippen molar-refractivity contribution in [1.29, 1.82) is 0 Å². The molecule has 0 fully saturated rings. The number of benzene rings is 1. The molecule has 1 aromatic carbocycles. The normalized spacial score (nSPS) is 13.1. The Kier molecular flexibility index (Phi) is 5.83. The first-order valence-electron chi connectivity index (χ1n) is 6.65. The smallest absolute Gasteiger partial charge is 0.239 e. The summed E-state index contributed by atoms with van der Waals surface area (Å²) in [5.41, 5.74) is 0.627. The second-order valence-corrected chi connectivity index (χ2v) is 5.80. The second kappa shape index (κ2) is 6.92. The van der Waals surface area contributed by atoms with Crippen LogP contribution < -0.4 is 10.6 Å². The monoisotopic (exact) mass is 282 g/mol. The molecule has 0 heterocycles. The van der Waals surface area contributed by atoms with E-state index in [9.17, 15) is 4.79 Å².